The number of carbonyl (C=O) groups excluding carboxylic acids is 1. The molecule has 0 unspecified atom stereocenters. The van der Waals surface area contributed by atoms with Gasteiger partial charge in [0.05, 0.1) is 0 Å². The molecule has 0 radical (unpaired) electrons. The molecule has 0 amide bonds. The van der Waals surface area contributed by atoms with Gasteiger partial charge >= 0.3 is 0 Å². The number of hydrogen-bond donors (Lipinski definition) is 3. The molecular weight excluding hydrogens is 294 g/mol. The van der Waals surface area contributed by atoms with Crippen molar-refractivity contribution < 1.29 is 20.1 Å². The number of phenolic OH excluding ortho intramolecular Hbond substituents is 2. The molecular formula is C18H23NO4. The van der Waals surface area contributed by atoms with Gasteiger partial charge in [0.1, 0.15) is 5.60 Å². The molecule has 5 nitrogen and oxygen atoms in total. The van der Waals surface area contributed by atoms with Gasteiger partial charge in [0.25, 0.3) is 0 Å². The van der Waals surface area contributed by atoms with Crippen LogP contribution in [0.3, 0.4) is 0 Å². The van der Waals surface area contributed by atoms with Crippen molar-refractivity contribution in [2.75, 3.05) is 13.6 Å². The molecule has 0 spiro atoms. The van der Waals surface area contributed by atoms with E-state index >= 15 is 0 Å². The zero-order chi connectivity index (χ0) is 17.0. The molecule has 0 bridgehead atoms. The summed E-state index contributed by atoms with van der Waals surface area (Å²) >= 11 is 0. The summed E-state index contributed by atoms with van der Waals surface area (Å²) in [7, 11) is 1.94. The number of aliphatic hydroxyl groups is 1. The molecule has 0 saturated carbocycles. The molecule has 1 aromatic rings. The maximum Gasteiger partial charge on any atom is 0.161 e. The van der Waals surface area contributed by atoms with Gasteiger partial charge in [-0.25, -0.2) is 0 Å². The van der Waals surface area contributed by atoms with Crippen molar-refractivity contribution in [2.24, 2.45) is 0 Å². The van der Waals surface area contributed by atoms with Crippen molar-refractivity contribution in [3.05, 3.63) is 35.4 Å². The highest BCUT2D eigenvalue weighted by Crippen LogP contribution is 2.55. The number of carbonyl (C=O) groups is 1. The summed E-state index contributed by atoms with van der Waals surface area (Å²) in [5.74, 6) is -0.534. The van der Waals surface area contributed by atoms with Crippen LogP contribution in [0.15, 0.2) is 24.3 Å². The molecule has 3 N–H and O–H groups in total. The fourth-order valence-electron chi connectivity index (χ4n) is 4.30. The van der Waals surface area contributed by atoms with Crippen molar-refractivity contribution >= 4 is 5.78 Å². The normalized spacial score (nSPS) is 34.4. The second-order valence-corrected chi connectivity index (χ2v) is 6.92. The SMILES string of the molecule is Cc1ccc(O)c(O)c1[C@]12CCN(C)[C@H](C)[C@]1(O)C=CC(=O)C2. The van der Waals surface area contributed by atoms with Gasteiger partial charge in [-0.1, -0.05) is 6.07 Å². The summed E-state index contributed by atoms with van der Waals surface area (Å²) in [6, 6.07) is 2.93. The number of nitrogens with zero attached hydrogens (tertiary/aromatic N) is 1. The summed E-state index contributed by atoms with van der Waals surface area (Å²) in [5, 5.41) is 32.0. The van der Waals surface area contributed by atoms with Crippen LogP contribution >= 0.6 is 0 Å². The first-order valence-corrected chi connectivity index (χ1v) is 7.89. The lowest BCUT2D eigenvalue weighted by Crippen LogP contribution is -2.67. The second-order valence-electron chi connectivity index (χ2n) is 6.92. The van der Waals surface area contributed by atoms with Crippen LogP contribution in [-0.2, 0) is 10.2 Å². The zero-order valence-electron chi connectivity index (χ0n) is 13.7. The Bertz CT molecular complexity index is 699. The molecule has 0 aromatic heterocycles. The molecule has 3 atom stereocenters. The molecule has 124 valence electrons. The fraction of sp³-hybridized carbons (Fsp3) is 0.500. The monoisotopic (exact) mass is 317 g/mol. The number of allylic oxidation sites excluding steroid dienone is 1. The molecule has 1 aromatic carbocycles. The third kappa shape index (κ3) is 2.03. The quantitative estimate of drug-likeness (QED) is 0.686. The van der Waals surface area contributed by atoms with Crippen molar-refractivity contribution in [3.8, 4) is 11.5 Å². The number of phenols is 2. The van der Waals surface area contributed by atoms with Gasteiger partial charge in [-0.2, -0.15) is 0 Å². The standard InChI is InChI=1S/C18H23NO4/c1-11-4-5-14(21)16(22)15(11)17-8-9-19(3)12(2)18(17,23)7-6-13(20)10-17/h4-7,12,21-23H,8-10H2,1-3H3/t12-,17-,18-/m1/s1. The van der Waals surface area contributed by atoms with Crippen LogP contribution in [0.25, 0.3) is 0 Å². The summed E-state index contributed by atoms with van der Waals surface area (Å²) in [6.45, 7) is 4.44. The predicted octanol–water partition coefficient (Wildman–Crippen LogP) is 1.63. The summed E-state index contributed by atoms with van der Waals surface area (Å²) in [4.78, 5) is 14.2. The lowest BCUT2D eigenvalue weighted by molar-refractivity contribution is -0.130. The lowest BCUT2D eigenvalue weighted by atomic mass is 9.55. The fourth-order valence-corrected chi connectivity index (χ4v) is 4.30. The van der Waals surface area contributed by atoms with E-state index in [9.17, 15) is 20.1 Å². The molecule has 5 heteroatoms. The van der Waals surface area contributed by atoms with Crippen LogP contribution in [-0.4, -0.2) is 51.2 Å². The minimum absolute atomic E-state index is 0.0754. The first kappa shape index (κ1) is 16.0. The lowest BCUT2D eigenvalue weighted by Gasteiger charge is -2.57. The van der Waals surface area contributed by atoms with Gasteiger partial charge in [0.15, 0.2) is 17.3 Å². The van der Waals surface area contributed by atoms with Gasteiger partial charge in [0, 0.05) is 23.4 Å². The topological polar surface area (TPSA) is 81.0 Å². The van der Waals surface area contributed by atoms with Crippen molar-refractivity contribution in [2.45, 2.75) is 43.7 Å². The molecule has 3 rings (SSSR count). The van der Waals surface area contributed by atoms with Crippen LogP contribution in [0.1, 0.15) is 30.9 Å². The highest BCUT2D eigenvalue weighted by molar-refractivity contribution is 5.93. The predicted molar refractivity (Wildman–Crippen MR) is 86.6 cm³/mol. The maximum atomic E-state index is 12.2. The molecule has 1 aliphatic carbocycles. The second kappa shape index (κ2) is 5.08. The maximum absolute atomic E-state index is 12.2. The van der Waals surface area contributed by atoms with Crippen LogP contribution < -0.4 is 0 Å². The van der Waals surface area contributed by atoms with Gasteiger partial charge < -0.3 is 20.2 Å². The van der Waals surface area contributed by atoms with E-state index in [2.05, 4.69) is 0 Å². The van der Waals surface area contributed by atoms with Gasteiger partial charge in [-0.15, -0.1) is 0 Å². The summed E-state index contributed by atoms with van der Waals surface area (Å²) < 4.78 is 0. The number of likely N-dealkylation sites (tertiary alicyclic amines) is 1. The molecule has 1 heterocycles. The van der Waals surface area contributed by atoms with E-state index in [1.165, 1.54) is 12.1 Å². The first-order valence-electron chi connectivity index (χ1n) is 7.89. The van der Waals surface area contributed by atoms with Crippen LogP contribution in [0.2, 0.25) is 0 Å². The van der Waals surface area contributed by atoms with E-state index in [0.29, 0.717) is 18.5 Å². The molecule has 23 heavy (non-hydrogen) atoms. The Labute approximate surface area is 135 Å². The largest absolute Gasteiger partial charge is 0.504 e. The highest BCUT2D eigenvalue weighted by Gasteiger charge is 2.60. The Morgan fingerprint density at radius 2 is 2.00 bits per heavy atom. The number of benzene rings is 1. The van der Waals surface area contributed by atoms with E-state index in [0.717, 1.165) is 5.56 Å². The number of fused-ring (bicyclic) bond motifs is 1. The van der Waals surface area contributed by atoms with Gasteiger partial charge in [0.2, 0.25) is 0 Å². The number of hydrogen-bond acceptors (Lipinski definition) is 5. The molecule has 1 fully saturated rings. The van der Waals surface area contributed by atoms with E-state index in [1.807, 2.05) is 25.8 Å². The summed E-state index contributed by atoms with van der Waals surface area (Å²) in [5.41, 5.74) is -0.974. The Kier molecular flexibility index (Phi) is 3.54. The van der Waals surface area contributed by atoms with E-state index in [4.69, 9.17) is 0 Å². The molecule has 1 saturated heterocycles. The third-order valence-electron chi connectivity index (χ3n) is 5.80. The Hall–Kier alpha value is -1.85. The number of rotatable bonds is 1. The Balaban J connectivity index is 2.31. The first-order chi connectivity index (χ1) is 10.7. The number of ketones is 1. The highest BCUT2D eigenvalue weighted by atomic mass is 16.3. The average Bonchev–Trinajstić information content (AvgIpc) is 2.50. The van der Waals surface area contributed by atoms with Crippen LogP contribution in [0, 0.1) is 6.92 Å². The summed E-state index contributed by atoms with van der Waals surface area (Å²) in [6.07, 6.45) is 3.65. The van der Waals surface area contributed by atoms with Crippen molar-refractivity contribution in [3.63, 3.8) is 0 Å². The number of aryl methyl sites for hydroxylation is 1. The van der Waals surface area contributed by atoms with E-state index in [-0.39, 0.29) is 29.7 Å². The van der Waals surface area contributed by atoms with Crippen LogP contribution in [0.4, 0.5) is 0 Å². The minimum Gasteiger partial charge on any atom is -0.504 e. The Morgan fingerprint density at radius 1 is 1.30 bits per heavy atom. The number of piperidine rings is 1. The van der Waals surface area contributed by atoms with Crippen molar-refractivity contribution in [1.82, 2.24) is 4.90 Å². The molecule has 2 aliphatic rings. The van der Waals surface area contributed by atoms with Gasteiger partial charge in [-0.05, 0) is 57.6 Å². The molecule has 1 aliphatic heterocycles. The van der Waals surface area contributed by atoms with E-state index in [1.54, 1.807) is 12.1 Å². The number of aromatic hydroxyl groups is 2. The average molecular weight is 317 g/mol. The minimum atomic E-state index is -1.29. The van der Waals surface area contributed by atoms with Gasteiger partial charge in [-0.3, -0.25) is 4.79 Å². The Morgan fingerprint density at radius 3 is 2.70 bits per heavy atom. The van der Waals surface area contributed by atoms with Crippen LogP contribution in [0.5, 0.6) is 11.5 Å². The number of likely N-dealkylation sites (N-methyl/N-ethyl adjacent to an activating group) is 1. The van der Waals surface area contributed by atoms with E-state index < -0.39 is 11.0 Å². The third-order valence-corrected chi connectivity index (χ3v) is 5.80. The van der Waals surface area contributed by atoms with Crippen molar-refractivity contribution in [1.29, 1.82) is 0 Å². The zero-order valence-corrected chi connectivity index (χ0v) is 13.7. The smallest absolute Gasteiger partial charge is 0.161 e.